The summed E-state index contributed by atoms with van der Waals surface area (Å²) in [4.78, 5) is 28.9. The van der Waals surface area contributed by atoms with Crippen LogP contribution in [-0.4, -0.2) is 70.9 Å². The zero-order chi connectivity index (χ0) is 17.1. The minimum absolute atomic E-state index is 0.0811. The van der Waals surface area contributed by atoms with Gasteiger partial charge in [-0.15, -0.1) is 0 Å². The fourth-order valence-electron chi connectivity index (χ4n) is 3.60. The summed E-state index contributed by atoms with van der Waals surface area (Å²) in [5.41, 5.74) is 0.201. The maximum atomic E-state index is 12.8. The molecule has 2 aliphatic heterocycles. The van der Waals surface area contributed by atoms with E-state index in [1.807, 2.05) is 11.8 Å². The molecule has 2 atom stereocenters. The van der Waals surface area contributed by atoms with Crippen LogP contribution in [0.5, 0.6) is 0 Å². The maximum absolute atomic E-state index is 12.8. The molecule has 0 saturated carbocycles. The quantitative estimate of drug-likeness (QED) is 0.800. The molecule has 1 amide bonds. The predicted octanol–water partition coefficient (Wildman–Crippen LogP) is 0.446. The molecule has 7 nitrogen and oxygen atoms in total. The number of likely N-dealkylation sites (tertiary alicyclic amines) is 1. The van der Waals surface area contributed by atoms with Crippen molar-refractivity contribution in [3.05, 3.63) is 28.2 Å². The standard InChI is InChI=1S/C17H26N4O3/c1-3-6-21-16(22)5-4-14(18-21)17(23)20-11-13(2)15(12-20)19-7-9-24-10-8-19/h4-5,13,15H,3,6-12H2,1-2H3/t13-,15+/m1/s1. The fourth-order valence-corrected chi connectivity index (χ4v) is 3.60. The monoisotopic (exact) mass is 334 g/mol. The number of carbonyl (C=O) groups excluding carboxylic acids is 1. The molecule has 2 fully saturated rings. The van der Waals surface area contributed by atoms with E-state index in [1.165, 1.54) is 10.7 Å². The van der Waals surface area contributed by atoms with Crippen LogP contribution in [-0.2, 0) is 11.3 Å². The lowest BCUT2D eigenvalue weighted by Gasteiger charge is -2.33. The zero-order valence-electron chi connectivity index (χ0n) is 14.5. The van der Waals surface area contributed by atoms with Gasteiger partial charge in [0.2, 0.25) is 0 Å². The third-order valence-electron chi connectivity index (χ3n) is 4.90. The third kappa shape index (κ3) is 3.52. The van der Waals surface area contributed by atoms with Gasteiger partial charge < -0.3 is 9.64 Å². The second-order valence-electron chi connectivity index (χ2n) is 6.68. The minimum Gasteiger partial charge on any atom is -0.379 e. The molecule has 0 aliphatic carbocycles. The number of rotatable bonds is 4. The van der Waals surface area contributed by atoms with Gasteiger partial charge in [0.1, 0.15) is 5.69 Å². The van der Waals surface area contributed by atoms with Crippen LogP contribution in [0.2, 0.25) is 0 Å². The van der Waals surface area contributed by atoms with Gasteiger partial charge in [-0.05, 0) is 18.4 Å². The van der Waals surface area contributed by atoms with E-state index in [1.54, 1.807) is 6.07 Å². The van der Waals surface area contributed by atoms with Crippen molar-refractivity contribution in [3.8, 4) is 0 Å². The van der Waals surface area contributed by atoms with Crippen LogP contribution in [0.25, 0.3) is 0 Å². The Bertz CT molecular complexity index is 639. The van der Waals surface area contributed by atoms with Gasteiger partial charge in [-0.25, -0.2) is 4.68 Å². The summed E-state index contributed by atoms with van der Waals surface area (Å²) in [5.74, 6) is 0.344. The zero-order valence-corrected chi connectivity index (χ0v) is 14.5. The molecule has 3 heterocycles. The summed E-state index contributed by atoms with van der Waals surface area (Å²) in [5, 5.41) is 4.25. The van der Waals surface area contributed by atoms with Gasteiger partial charge in [-0.2, -0.15) is 5.10 Å². The maximum Gasteiger partial charge on any atom is 0.274 e. The fraction of sp³-hybridized carbons (Fsp3) is 0.706. The number of hydrogen-bond donors (Lipinski definition) is 0. The van der Waals surface area contributed by atoms with Crippen LogP contribution >= 0.6 is 0 Å². The van der Waals surface area contributed by atoms with Crippen molar-refractivity contribution in [2.45, 2.75) is 32.9 Å². The summed E-state index contributed by atoms with van der Waals surface area (Å²) in [6.07, 6.45) is 0.810. The first kappa shape index (κ1) is 17.1. The molecule has 0 bridgehead atoms. The van der Waals surface area contributed by atoms with Gasteiger partial charge in [-0.1, -0.05) is 13.8 Å². The SMILES string of the molecule is CCCn1nc(C(=O)N2C[C@@H](C)[C@@H](N3CCOCC3)C2)ccc1=O. The first-order valence-corrected chi connectivity index (χ1v) is 8.79. The number of morpholine rings is 1. The topological polar surface area (TPSA) is 67.7 Å². The van der Waals surface area contributed by atoms with Gasteiger partial charge in [-0.3, -0.25) is 14.5 Å². The Hall–Kier alpha value is -1.73. The Morgan fingerprint density at radius 3 is 2.75 bits per heavy atom. The third-order valence-corrected chi connectivity index (χ3v) is 4.90. The van der Waals surface area contributed by atoms with Crippen molar-refractivity contribution in [2.24, 2.45) is 5.92 Å². The number of nitrogens with zero attached hydrogens (tertiary/aromatic N) is 4. The number of aromatic nitrogens is 2. The van der Waals surface area contributed by atoms with Crippen molar-refractivity contribution < 1.29 is 9.53 Å². The van der Waals surface area contributed by atoms with E-state index in [0.29, 0.717) is 30.7 Å². The minimum atomic E-state index is -0.158. The van der Waals surface area contributed by atoms with E-state index in [4.69, 9.17) is 4.74 Å². The van der Waals surface area contributed by atoms with Crippen molar-refractivity contribution in [2.75, 3.05) is 39.4 Å². The van der Waals surface area contributed by atoms with E-state index in [2.05, 4.69) is 16.9 Å². The van der Waals surface area contributed by atoms with E-state index >= 15 is 0 Å². The Labute approximate surface area is 142 Å². The Morgan fingerprint density at radius 1 is 1.29 bits per heavy atom. The number of ether oxygens (including phenoxy) is 1. The molecule has 0 spiro atoms. The van der Waals surface area contributed by atoms with Gasteiger partial charge in [0, 0.05) is 44.8 Å². The van der Waals surface area contributed by atoms with E-state index in [-0.39, 0.29) is 11.5 Å². The molecule has 24 heavy (non-hydrogen) atoms. The summed E-state index contributed by atoms with van der Waals surface area (Å²) >= 11 is 0. The summed E-state index contributed by atoms with van der Waals surface area (Å²) in [6.45, 7) is 9.54. The van der Waals surface area contributed by atoms with Gasteiger partial charge in [0.15, 0.2) is 0 Å². The van der Waals surface area contributed by atoms with Crippen molar-refractivity contribution >= 4 is 5.91 Å². The summed E-state index contributed by atoms with van der Waals surface area (Å²) in [6, 6.07) is 3.36. The molecule has 0 N–H and O–H groups in total. The number of amides is 1. The molecule has 132 valence electrons. The average molecular weight is 334 g/mol. The lowest BCUT2D eigenvalue weighted by molar-refractivity contribution is 0.0119. The number of hydrogen-bond acceptors (Lipinski definition) is 5. The summed E-state index contributed by atoms with van der Waals surface area (Å²) in [7, 11) is 0. The molecular formula is C17H26N4O3. The Kier molecular flexibility index (Phi) is 5.30. The molecule has 0 aromatic carbocycles. The molecule has 7 heteroatoms. The molecule has 0 radical (unpaired) electrons. The van der Waals surface area contributed by atoms with Crippen molar-refractivity contribution in [3.63, 3.8) is 0 Å². The average Bonchev–Trinajstić information content (AvgIpc) is 2.99. The van der Waals surface area contributed by atoms with E-state index in [9.17, 15) is 9.59 Å². The first-order chi connectivity index (χ1) is 11.6. The number of carbonyl (C=O) groups is 1. The normalized spacial score (nSPS) is 25.2. The first-order valence-electron chi connectivity index (χ1n) is 8.79. The van der Waals surface area contributed by atoms with Crippen LogP contribution in [0.4, 0.5) is 0 Å². The molecular weight excluding hydrogens is 308 g/mol. The highest BCUT2D eigenvalue weighted by atomic mass is 16.5. The lowest BCUT2D eigenvalue weighted by Crippen LogP contribution is -2.47. The lowest BCUT2D eigenvalue weighted by atomic mass is 10.0. The van der Waals surface area contributed by atoms with Gasteiger partial charge in [0.25, 0.3) is 11.5 Å². The highest BCUT2D eigenvalue weighted by molar-refractivity contribution is 5.92. The Morgan fingerprint density at radius 2 is 2.04 bits per heavy atom. The van der Waals surface area contributed by atoms with Crippen LogP contribution in [0.15, 0.2) is 16.9 Å². The Balaban J connectivity index is 1.71. The van der Waals surface area contributed by atoms with Gasteiger partial charge >= 0.3 is 0 Å². The molecule has 3 rings (SSSR count). The number of aryl methyl sites for hydroxylation is 1. The van der Waals surface area contributed by atoms with Crippen LogP contribution < -0.4 is 5.56 Å². The molecule has 2 saturated heterocycles. The second kappa shape index (κ2) is 7.44. The smallest absolute Gasteiger partial charge is 0.274 e. The predicted molar refractivity (Wildman–Crippen MR) is 90.0 cm³/mol. The molecule has 0 unspecified atom stereocenters. The second-order valence-corrected chi connectivity index (χ2v) is 6.68. The summed E-state index contributed by atoms with van der Waals surface area (Å²) < 4.78 is 6.80. The molecule has 1 aromatic heterocycles. The molecule has 1 aromatic rings. The van der Waals surface area contributed by atoms with Crippen LogP contribution in [0.1, 0.15) is 30.8 Å². The van der Waals surface area contributed by atoms with Crippen molar-refractivity contribution in [1.82, 2.24) is 19.6 Å². The van der Waals surface area contributed by atoms with Crippen LogP contribution in [0.3, 0.4) is 0 Å². The van der Waals surface area contributed by atoms with Gasteiger partial charge in [0.05, 0.1) is 13.2 Å². The molecule has 2 aliphatic rings. The van der Waals surface area contributed by atoms with E-state index in [0.717, 1.165) is 39.3 Å². The van der Waals surface area contributed by atoms with Crippen molar-refractivity contribution in [1.29, 1.82) is 0 Å². The largest absolute Gasteiger partial charge is 0.379 e. The van der Waals surface area contributed by atoms with E-state index < -0.39 is 0 Å². The van der Waals surface area contributed by atoms with Crippen LogP contribution in [0, 0.1) is 5.92 Å². The highest BCUT2D eigenvalue weighted by Crippen LogP contribution is 2.23. The highest BCUT2D eigenvalue weighted by Gasteiger charge is 2.37.